The van der Waals surface area contributed by atoms with Crippen molar-refractivity contribution in [2.75, 3.05) is 11.1 Å². The normalized spacial score (nSPS) is 22.3. The van der Waals surface area contributed by atoms with Gasteiger partial charge in [0.05, 0.1) is 12.4 Å². The lowest BCUT2D eigenvalue weighted by molar-refractivity contribution is -0.122. The summed E-state index contributed by atoms with van der Waals surface area (Å²) in [6, 6.07) is 1.29. The number of aromatic nitrogens is 3. The van der Waals surface area contributed by atoms with Gasteiger partial charge in [0.15, 0.2) is 17.5 Å². The number of anilines is 2. The second kappa shape index (κ2) is 8.89. The van der Waals surface area contributed by atoms with Crippen molar-refractivity contribution in [3.63, 3.8) is 0 Å². The van der Waals surface area contributed by atoms with E-state index in [9.17, 15) is 8.78 Å². The van der Waals surface area contributed by atoms with E-state index in [0.717, 1.165) is 37.7 Å². The van der Waals surface area contributed by atoms with E-state index in [2.05, 4.69) is 20.3 Å². The summed E-state index contributed by atoms with van der Waals surface area (Å²) >= 11 is 0. The Bertz CT molecular complexity index is 902. The molecule has 2 aromatic heterocycles. The highest BCUT2D eigenvalue weighted by molar-refractivity contribution is 6.11. The highest BCUT2D eigenvalue weighted by Crippen LogP contribution is 2.42. The SMILES string of the molecule is N=C(c1ncc(F)c(NC2CC3CCC2CC3)n1)c1cc(F)cnc1N.O=CO. The molecule has 2 aromatic rings. The summed E-state index contributed by atoms with van der Waals surface area (Å²) in [7, 11) is 0. The van der Waals surface area contributed by atoms with Crippen LogP contribution < -0.4 is 11.1 Å². The molecule has 3 aliphatic carbocycles. The maximum absolute atomic E-state index is 14.2. The zero-order valence-electron chi connectivity index (χ0n) is 15.6. The van der Waals surface area contributed by atoms with E-state index >= 15 is 0 Å². The standard InChI is InChI=1S/C18H20F2N6.CH2O2/c19-11-6-12(16(22)23-7-11)15(21)18-24-8-13(20)17(26-18)25-14-5-9-1-3-10(14)4-2-9;2-1-3/h6-10,14,21H,1-5H2,(H2,22,23)(H,24,25,26);1H,(H,2,3). The first-order valence-electron chi connectivity index (χ1n) is 9.30. The third kappa shape index (κ3) is 4.64. The van der Waals surface area contributed by atoms with Gasteiger partial charge in [-0.05, 0) is 37.2 Å². The van der Waals surface area contributed by atoms with Gasteiger partial charge in [-0.25, -0.2) is 23.7 Å². The lowest BCUT2D eigenvalue weighted by atomic mass is 9.68. The predicted octanol–water partition coefficient (Wildman–Crippen LogP) is 2.84. The number of fused-ring (bicyclic) bond motifs is 3. The van der Waals surface area contributed by atoms with E-state index in [-0.39, 0.29) is 41.2 Å². The van der Waals surface area contributed by atoms with Crippen LogP contribution in [0.3, 0.4) is 0 Å². The number of nitrogens with two attached hydrogens (primary N) is 1. The number of hydrogen-bond donors (Lipinski definition) is 4. The van der Waals surface area contributed by atoms with Crippen molar-refractivity contribution >= 4 is 23.8 Å². The zero-order chi connectivity index (χ0) is 21.0. The number of carbonyl (C=O) groups is 1. The molecule has 5 N–H and O–H groups in total. The van der Waals surface area contributed by atoms with Crippen LogP contribution in [0.25, 0.3) is 0 Å². The van der Waals surface area contributed by atoms with Gasteiger partial charge >= 0.3 is 0 Å². The average Bonchev–Trinajstić information content (AvgIpc) is 2.72. The number of nitrogen functional groups attached to an aromatic ring is 1. The molecule has 3 aliphatic rings. The highest BCUT2D eigenvalue weighted by Gasteiger charge is 2.36. The molecule has 1 unspecified atom stereocenters. The molecular formula is C19H22F2N6O2. The maximum Gasteiger partial charge on any atom is 0.290 e. The van der Waals surface area contributed by atoms with Crippen molar-refractivity contribution in [1.29, 1.82) is 5.41 Å². The van der Waals surface area contributed by atoms with Crippen molar-refractivity contribution in [3.05, 3.63) is 41.5 Å². The summed E-state index contributed by atoms with van der Waals surface area (Å²) < 4.78 is 27.7. The van der Waals surface area contributed by atoms with Gasteiger partial charge in [-0.3, -0.25) is 10.2 Å². The average molecular weight is 404 g/mol. The Balaban J connectivity index is 0.000000755. The molecular weight excluding hydrogens is 382 g/mol. The molecule has 1 atom stereocenters. The van der Waals surface area contributed by atoms with Gasteiger partial charge in [0, 0.05) is 11.6 Å². The molecule has 10 heteroatoms. The van der Waals surface area contributed by atoms with Crippen molar-refractivity contribution in [2.45, 2.75) is 38.1 Å². The van der Waals surface area contributed by atoms with Crippen molar-refractivity contribution in [1.82, 2.24) is 15.0 Å². The van der Waals surface area contributed by atoms with E-state index < -0.39 is 11.6 Å². The molecule has 0 radical (unpaired) electrons. The third-order valence-corrected chi connectivity index (χ3v) is 5.49. The quantitative estimate of drug-likeness (QED) is 0.454. The molecule has 0 spiro atoms. The molecule has 8 nitrogen and oxygen atoms in total. The van der Waals surface area contributed by atoms with Gasteiger partial charge in [0.1, 0.15) is 17.3 Å². The molecule has 2 bridgehead atoms. The van der Waals surface area contributed by atoms with E-state index in [0.29, 0.717) is 11.8 Å². The first kappa shape index (κ1) is 20.6. The monoisotopic (exact) mass is 404 g/mol. The van der Waals surface area contributed by atoms with E-state index in [1.807, 2.05) is 0 Å². The molecule has 0 aromatic carbocycles. The second-order valence-corrected chi connectivity index (χ2v) is 7.22. The van der Waals surface area contributed by atoms with Gasteiger partial charge in [-0.15, -0.1) is 0 Å². The van der Waals surface area contributed by atoms with Crippen LogP contribution in [0.4, 0.5) is 20.4 Å². The Kier molecular flexibility index (Phi) is 6.30. The van der Waals surface area contributed by atoms with Gasteiger partial charge in [0.2, 0.25) is 0 Å². The molecule has 3 fully saturated rings. The zero-order valence-corrected chi connectivity index (χ0v) is 15.6. The highest BCUT2D eigenvalue weighted by atomic mass is 19.1. The maximum atomic E-state index is 14.2. The topological polar surface area (TPSA) is 138 Å². The number of nitrogens with zero attached hydrogens (tertiary/aromatic N) is 3. The molecule has 0 aliphatic heterocycles. The Morgan fingerprint density at radius 3 is 2.55 bits per heavy atom. The summed E-state index contributed by atoms with van der Waals surface area (Å²) in [5.41, 5.74) is 5.61. The van der Waals surface area contributed by atoms with Crippen LogP contribution in [0.1, 0.15) is 43.5 Å². The molecule has 29 heavy (non-hydrogen) atoms. The number of carboxylic acid groups (broad SMARTS) is 1. The minimum atomic E-state index is -0.613. The molecule has 0 amide bonds. The molecule has 2 heterocycles. The van der Waals surface area contributed by atoms with Crippen LogP contribution >= 0.6 is 0 Å². The lowest BCUT2D eigenvalue weighted by Gasteiger charge is -2.42. The number of hydrogen-bond acceptors (Lipinski definition) is 7. The number of nitrogens with one attached hydrogen (secondary N) is 2. The van der Waals surface area contributed by atoms with Crippen molar-refractivity contribution in [3.8, 4) is 0 Å². The summed E-state index contributed by atoms with van der Waals surface area (Å²) in [5.74, 6) is 0.113. The Labute approximate surface area is 166 Å². The van der Waals surface area contributed by atoms with Crippen LogP contribution in [0.5, 0.6) is 0 Å². The fourth-order valence-corrected chi connectivity index (χ4v) is 4.09. The Hall–Kier alpha value is -3.17. The summed E-state index contributed by atoms with van der Waals surface area (Å²) in [5, 5.41) is 18.3. The van der Waals surface area contributed by atoms with Crippen LogP contribution in [0.2, 0.25) is 0 Å². The summed E-state index contributed by atoms with van der Waals surface area (Å²) in [6.07, 6.45) is 7.83. The fraction of sp³-hybridized carbons (Fsp3) is 0.421. The number of rotatable bonds is 4. The predicted molar refractivity (Wildman–Crippen MR) is 103 cm³/mol. The molecule has 0 saturated heterocycles. The first-order valence-corrected chi connectivity index (χ1v) is 9.30. The van der Waals surface area contributed by atoms with Gasteiger partial charge in [-0.2, -0.15) is 0 Å². The number of pyridine rings is 1. The minimum absolute atomic E-state index is 0.00317. The van der Waals surface area contributed by atoms with Crippen LogP contribution in [0.15, 0.2) is 18.5 Å². The largest absolute Gasteiger partial charge is 0.483 e. The Morgan fingerprint density at radius 1 is 1.24 bits per heavy atom. The van der Waals surface area contributed by atoms with Gasteiger partial charge < -0.3 is 16.2 Å². The smallest absolute Gasteiger partial charge is 0.290 e. The lowest BCUT2D eigenvalue weighted by Crippen LogP contribution is -2.40. The van der Waals surface area contributed by atoms with E-state index in [1.54, 1.807) is 0 Å². The molecule has 154 valence electrons. The van der Waals surface area contributed by atoms with Gasteiger partial charge in [0.25, 0.3) is 6.47 Å². The van der Waals surface area contributed by atoms with E-state index in [4.69, 9.17) is 21.0 Å². The minimum Gasteiger partial charge on any atom is -0.483 e. The molecule has 5 rings (SSSR count). The molecule has 3 saturated carbocycles. The summed E-state index contributed by atoms with van der Waals surface area (Å²) in [4.78, 5) is 20.1. The van der Waals surface area contributed by atoms with Gasteiger partial charge in [-0.1, -0.05) is 12.8 Å². The van der Waals surface area contributed by atoms with Crippen LogP contribution in [-0.4, -0.2) is 38.3 Å². The van der Waals surface area contributed by atoms with Crippen LogP contribution in [0, 0.1) is 28.9 Å². The number of halogens is 2. The Morgan fingerprint density at radius 2 is 1.93 bits per heavy atom. The van der Waals surface area contributed by atoms with Crippen molar-refractivity contribution in [2.24, 2.45) is 11.8 Å². The van der Waals surface area contributed by atoms with Crippen LogP contribution in [-0.2, 0) is 4.79 Å². The van der Waals surface area contributed by atoms with E-state index in [1.165, 1.54) is 12.8 Å². The second-order valence-electron chi connectivity index (χ2n) is 7.22. The third-order valence-electron chi connectivity index (χ3n) is 5.49. The summed E-state index contributed by atoms with van der Waals surface area (Å²) in [6.45, 7) is -0.250. The fourth-order valence-electron chi connectivity index (χ4n) is 4.09. The first-order chi connectivity index (χ1) is 13.9. The van der Waals surface area contributed by atoms with Crippen molar-refractivity contribution < 1.29 is 18.7 Å².